The molecule has 0 bridgehead atoms. The molecule has 1 saturated heterocycles. The highest BCUT2D eigenvalue weighted by Crippen LogP contribution is 2.19. The molecule has 2 heterocycles. The number of carbonyl (C=O) groups is 1. The molecule has 4 N–H and O–H groups in total. The SMILES string of the molecule is O=C(NCC1(O)CCOCC1)c1c[nH]c(=O)[nH]c1=O. The summed E-state index contributed by atoms with van der Waals surface area (Å²) in [6.45, 7) is 0.908. The summed E-state index contributed by atoms with van der Waals surface area (Å²) in [6.07, 6.45) is 1.90. The summed E-state index contributed by atoms with van der Waals surface area (Å²) in [4.78, 5) is 38.2. The van der Waals surface area contributed by atoms with Crippen LogP contribution < -0.4 is 16.6 Å². The fourth-order valence-corrected chi connectivity index (χ4v) is 1.85. The van der Waals surface area contributed by atoms with Crippen LogP contribution >= 0.6 is 0 Å². The second kappa shape index (κ2) is 5.37. The topological polar surface area (TPSA) is 124 Å². The smallest absolute Gasteiger partial charge is 0.325 e. The minimum absolute atomic E-state index is 0.0355. The molecule has 0 aromatic carbocycles. The van der Waals surface area contributed by atoms with E-state index in [0.29, 0.717) is 26.1 Å². The van der Waals surface area contributed by atoms with E-state index in [9.17, 15) is 19.5 Å². The van der Waals surface area contributed by atoms with Crippen molar-refractivity contribution in [1.29, 1.82) is 0 Å². The zero-order valence-electron chi connectivity index (χ0n) is 10.2. The highest BCUT2D eigenvalue weighted by molar-refractivity contribution is 5.93. The molecule has 1 amide bonds. The molecule has 1 aromatic heterocycles. The zero-order valence-corrected chi connectivity index (χ0v) is 10.2. The van der Waals surface area contributed by atoms with Gasteiger partial charge in [-0.2, -0.15) is 0 Å². The van der Waals surface area contributed by atoms with E-state index < -0.39 is 22.8 Å². The van der Waals surface area contributed by atoms with Gasteiger partial charge in [-0.05, 0) is 0 Å². The quantitative estimate of drug-likeness (QED) is 0.522. The van der Waals surface area contributed by atoms with E-state index in [2.05, 4.69) is 10.3 Å². The van der Waals surface area contributed by atoms with E-state index in [1.165, 1.54) is 0 Å². The van der Waals surface area contributed by atoms with Crippen molar-refractivity contribution in [2.75, 3.05) is 19.8 Å². The molecule has 0 spiro atoms. The molecule has 2 rings (SSSR count). The summed E-state index contributed by atoms with van der Waals surface area (Å²) < 4.78 is 5.12. The number of hydrogen-bond donors (Lipinski definition) is 4. The normalized spacial score (nSPS) is 17.9. The van der Waals surface area contributed by atoms with Gasteiger partial charge in [-0.3, -0.25) is 14.6 Å². The summed E-state index contributed by atoms with van der Waals surface area (Å²) in [5.41, 5.74) is -2.65. The first-order valence-electron chi connectivity index (χ1n) is 5.90. The number of nitrogens with one attached hydrogen (secondary N) is 3. The van der Waals surface area contributed by atoms with Crippen LogP contribution in [0.4, 0.5) is 0 Å². The molecular formula is C11H15N3O5. The first-order valence-corrected chi connectivity index (χ1v) is 5.90. The molecule has 104 valence electrons. The van der Waals surface area contributed by atoms with Crippen LogP contribution in [0.5, 0.6) is 0 Å². The van der Waals surface area contributed by atoms with Gasteiger partial charge in [0, 0.05) is 38.8 Å². The highest BCUT2D eigenvalue weighted by atomic mass is 16.5. The minimum atomic E-state index is -1.01. The van der Waals surface area contributed by atoms with Gasteiger partial charge in [0.2, 0.25) is 0 Å². The molecule has 0 radical (unpaired) electrons. The predicted octanol–water partition coefficient (Wildman–Crippen LogP) is -1.67. The maximum Gasteiger partial charge on any atom is 0.325 e. The summed E-state index contributed by atoms with van der Waals surface area (Å²) in [6, 6.07) is 0. The van der Waals surface area contributed by atoms with E-state index in [1.807, 2.05) is 4.98 Å². The largest absolute Gasteiger partial charge is 0.388 e. The lowest BCUT2D eigenvalue weighted by atomic mass is 9.94. The Kier molecular flexibility index (Phi) is 3.82. The van der Waals surface area contributed by atoms with Crippen molar-refractivity contribution in [1.82, 2.24) is 15.3 Å². The predicted molar refractivity (Wildman–Crippen MR) is 65.0 cm³/mol. The number of hydrogen-bond acceptors (Lipinski definition) is 5. The lowest BCUT2D eigenvalue weighted by Gasteiger charge is -2.31. The third kappa shape index (κ3) is 3.30. The Labute approximate surface area is 107 Å². The van der Waals surface area contributed by atoms with Crippen LogP contribution in [-0.2, 0) is 4.74 Å². The Morgan fingerprint density at radius 2 is 2.11 bits per heavy atom. The van der Waals surface area contributed by atoms with Crippen LogP contribution in [0.15, 0.2) is 15.8 Å². The Balaban J connectivity index is 2.01. The fourth-order valence-electron chi connectivity index (χ4n) is 1.85. The summed E-state index contributed by atoms with van der Waals surface area (Å²) in [5, 5.41) is 12.6. The second-order valence-electron chi connectivity index (χ2n) is 4.50. The second-order valence-corrected chi connectivity index (χ2v) is 4.50. The molecule has 19 heavy (non-hydrogen) atoms. The number of aromatic amines is 2. The van der Waals surface area contributed by atoms with Crippen molar-refractivity contribution in [3.63, 3.8) is 0 Å². The van der Waals surface area contributed by atoms with E-state index in [4.69, 9.17) is 4.74 Å². The van der Waals surface area contributed by atoms with Crippen LogP contribution in [0.3, 0.4) is 0 Å². The third-order valence-corrected chi connectivity index (χ3v) is 3.07. The first-order chi connectivity index (χ1) is 9.00. The van der Waals surface area contributed by atoms with Crippen LogP contribution in [-0.4, -0.2) is 46.3 Å². The van der Waals surface area contributed by atoms with Crippen LogP contribution in [0.25, 0.3) is 0 Å². The zero-order chi connectivity index (χ0) is 13.9. The van der Waals surface area contributed by atoms with E-state index in [-0.39, 0.29) is 12.1 Å². The van der Waals surface area contributed by atoms with Gasteiger partial charge >= 0.3 is 5.69 Å². The maximum absolute atomic E-state index is 11.8. The molecule has 8 heteroatoms. The van der Waals surface area contributed by atoms with Crippen molar-refractivity contribution in [3.8, 4) is 0 Å². The summed E-state index contributed by atoms with van der Waals surface area (Å²) in [7, 11) is 0. The molecule has 0 atom stereocenters. The van der Waals surface area contributed by atoms with Crippen molar-refractivity contribution in [2.24, 2.45) is 0 Å². The molecule has 1 fully saturated rings. The molecule has 1 aliphatic heterocycles. The van der Waals surface area contributed by atoms with Gasteiger partial charge in [-0.15, -0.1) is 0 Å². The highest BCUT2D eigenvalue weighted by Gasteiger charge is 2.30. The lowest BCUT2D eigenvalue weighted by molar-refractivity contribution is -0.0605. The third-order valence-electron chi connectivity index (χ3n) is 3.07. The van der Waals surface area contributed by atoms with Gasteiger partial charge < -0.3 is 20.1 Å². The molecule has 0 aliphatic carbocycles. The fraction of sp³-hybridized carbons (Fsp3) is 0.545. The monoisotopic (exact) mass is 269 g/mol. The van der Waals surface area contributed by atoms with Crippen LogP contribution in [0, 0.1) is 0 Å². The Morgan fingerprint density at radius 3 is 2.74 bits per heavy atom. The average Bonchev–Trinajstić information content (AvgIpc) is 2.37. The molecular weight excluding hydrogens is 254 g/mol. The molecule has 8 nitrogen and oxygen atoms in total. The van der Waals surface area contributed by atoms with Gasteiger partial charge in [0.25, 0.3) is 11.5 Å². The van der Waals surface area contributed by atoms with E-state index >= 15 is 0 Å². The van der Waals surface area contributed by atoms with Crippen LogP contribution in [0.1, 0.15) is 23.2 Å². The molecule has 0 unspecified atom stereocenters. The number of aliphatic hydroxyl groups is 1. The van der Waals surface area contributed by atoms with Crippen molar-refractivity contribution in [2.45, 2.75) is 18.4 Å². The maximum atomic E-state index is 11.8. The summed E-state index contributed by atoms with van der Waals surface area (Å²) >= 11 is 0. The number of aromatic nitrogens is 2. The van der Waals surface area contributed by atoms with E-state index in [1.54, 1.807) is 0 Å². The van der Waals surface area contributed by atoms with Gasteiger partial charge in [0.05, 0.1) is 5.60 Å². The standard InChI is InChI=1S/C11H15N3O5/c15-8(7-5-12-10(17)14-9(7)16)13-6-11(18)1-3-19-4-2-11/h5,18H,1-4,6H2,(H,13,15)(H2,12,14,16,17). The molecule has 1 aliphatic rings. The number of amides is 1. The molecule has 0 saturated carbocycles. The van der Waals surface area contributed by atoms with E-state index in [0.717, 1.165) is 6.20 Å². The Hall–Kier alpha value is -1.93. The minimum Gasteiger partial charge on any atom is -0.388 e. The van der Waals surface area contributed by atoms with Gasteiger partial charge in [0.15, 0.2) is 0 Å². The average molecular weight is 269 g/mol. The molecule has 1 aromatic rings. The van der Waals surface area contributed by atoms with Crippen molar-refractivity contribution in [3.05, 3.63) is 32.6 Å². The first kappa shape index (κ1) is 13.5. The number of rotatable bonds is 3. The van der Waals surface area contributed by atoms with Gasteiger partial charge in [-0.25, -0.2) is 4.79 Å². The summed E-state index contributed by atoms with van der Waals surface area (Å²) in [5.74, 6) is -0.641. The van der Waals surface area contributed by atoms with Gasteiger partial charge in [-0.1, -0.05) is 0 Å². The van der Waals surface area contributed by atoms with Crippen molar-refractivity contribution >= 4 is 5.91 Å². The van der Waals surface area contributed by atoms with Crippen molar-refractivity contribution < 1.29 is 14.6 Å². The number of carbonyl (C=O) groups excluding carboxylic acids is 1. The number of ether oxygens (including phenoxy) is 1. The van der Waals surface area contributed by atoms with Crippen LogP contribution in [0.2, 0.25) is 0 Å². The number of H-pyrrole nitrogens is 2. The van der Waals surface area contributed by atoms with Gasteiger partial charge in [0.1, 0.15) is 5.56 Å². The Morgan fingerprint density at radius 1 is 1.42 bits per heavy atom. The lowest BCUT2D eigenvalue weighted by Crippen LogP contribution is -2.47. The Bertz CT molecular complexity index is 570.